The second-order valence-electron chi connectivity index (χ2n) is 6.69. The lowest BCUT2D eigenvalue weighted by atomic mass is 9.86. The predicted molar refractivity (Wildman–Crippen MR) is 105 cm³/mol. The highest BCUT2D eigenvalue weighted by atomic mass is 15.6. The van der Waals surface area contributed by atoms with E-state index in [1.54, 1.807) is 0 Å². The van der Waals surface area contributed by atoms with Crippen LogP contribution in [0.25, 0.3) is 10.9 Å². The summed E-state index contributed by atoms with van der Waals surface area (Å²) in [5.41, 5.74) is 8.24. The van der Waals surface area contributed by atoms with Crippen LogP contribution in [0, 0.1) is 0 Å². The number of hydrogen-bond donors (Lipinski definition) is 3. The molecule has 1 aromatic heterocycles. The van der Waals surface area contributed by atoms with Crippen molar-refractivity contribution in [2.75, 3.05) is 21.1 Å². The number of nitrogens with one attached hydrogen (secondary N) is 3. The van der Waals surface area contributed by atoms with Gasteiger partial charge >= 0.3 is 0 Å². The molecule has 0 amide bonds. The van der Waals surface area contributed by atoms with E-state index in [4.69, 9.17) is 4.98 Å². The van der Waals surface area contributed by atoms with E-state index in [2.05, 4.69) is 69.6 Å². The third-order valence-electron chi connectivity index (χ3n) is 5.46. The molecule has 0 aliphatic carbocycles. The number of para-hydroxylation sites is 1. The van der Waals surface area contributed by atoms with Gasteiger partial charge in [0, 0.05) is 18.0 Å². The first-order valence-electron chi connectivity index (χ1n) is 8.99. The average molecular weight is 347 g/mol. The Balaban J connectivity index is 1.92. The second kappa shape index (κ2) is 6.78. The minimum atomic E-state index is -0.389. The monoisotopic (exact) mass is 347 g/mol. The summed E-state index contributed by atoms with van der Waals surface area (Å²) < 4.78 is 0. The molecule has 2 aromatic carbocycles. The van der Waals surface area contributed by atoms with Crippen LogP contribution in [-0.4, -0.2) is 36.9 Å². The summed E-state index contributed by atoms with van der Waals surface area (Å²) >= 11 is 0. The van der Waals surface area contributed by atoms with Crippen molar-refractivity contribution < 1.29 is 0 Å². The molecule has 5 nitrogen and oxygen atoms in total. The minimum absolute atomic E-state index is 0.0435. The molecule has 134 valence electrons. The molecule has 1 unspecified atom stereocenters. The molecular formula is C21H25N5. The van der Waals surface area contributed by atoms with Gasteiger partial charge in [-0.25, -0.2) is 0 Å². The third-order valence-corrected chi connectivity index (χ3v) is 5.46. The molecule has 4 rings (SSSR count). The van der Waals surface area contributed by atoms with E-state index in [9.17, 15) is 0 Å². The maximum atomic E-state index is 4.70. The lowest BCUT2D eigenvalue weighted by Gasteiger charge is -2.51. The Morgan fingerprint density at radius 3 is 2.50 bits per heavy atom. The number of nitrogens with zero attached hydrogens (tertiary/aromatic N) is 2. The summed E-state index contributed by atoms with van der Waals surface area (Å²) in [6.07, 6.45) is 2.85. The molecule has 0 fully saturated rings. The zero-order chi connectivity index (χ0) is 18.1. The number of hydrogen-bond acceptors (Lipinski definition) is 5. The van der Waals surface area contributed by atoms with E-state index in [0.29, 0.717) is 0 Å². The van der Waals surface area contributed by atoms with Crippen molar-refractivity contribution in [3.05, 3.63) is 77.5 Å². The van der Waals surface area contributed by atoms with E-state index in [0.717, 1.165) is 17.3 Å². The van der Waals surface area contributed by atoms with Crippen molar-refractivity contribution in [1.29, 1.82) is 0 Å². The van der Waals surface area contributed by atoms with Crippen molar-refractivity contribution in [2.45, 2.75) is 18.2 Å². The quantitative estimate of drug-likeness (QED) is 0.633. The number of likely N-dealkylation sites (N-methyl/N-ethyl adjacent to an activating group) is 2. The summed E-state index contributed by atoms with van der Waals surface area (Å²) in [5, 5.41) is 10.4. The first-order valence-corrected chi connectivity index (χ1v) is 8.99. The maximum absolute atomic E-state index is 4.70. The van der Waals surface area contributed by atoms with Crippen molar-refractivity contribution in [3.63, 3.8) is 0 Å². The molecule has 3 aromatic rings. The van der Waals surface area contributed by atoms with Gasteiger partial charge in [-0.15, -0.1) is 0 Å². The van der Waals surface area contributed by atoms with Gasteiger partial charge in [0.1, 0.15) is 5.79 Å². The largest absolute Gasteiger partial charge is 0.289 e. The van der Waals surface area contributed by atoms with Crippen LogP contribution in [0.2, 0.25) is 0 Å². The van der Waals surface area contributed by atoms with Crippen LogP contribution in [-0.2, 0) is 6.42 Å². The van der Waals surface area contributed by atoms with Crippen LogP contribution in [0.4, 0.5) is 0 Å². The zero-order valence-electron chi connectivity index (χ0n) is 15.5. The van der Waals surface area contributed by atoms with Gasteiger partial charge in [0.15, 0.2) is 0 Å². The molecule has 0 saturated heterocycles. The van der Waals surface area contributed by atoms with E-state index in [1.807, 2.05) is 33.4 Å². The second-order valence-corrected chi connectivity index (χ2v) is 6.69. The van der Waals surface area contributed by atoms with Crippen LogP contribution in [0.15, 0.2) is 60.8 Å². The van der Waals surface area contributed by atoms with E-state index >= 15 is 0 Å². The fourth-order valence-corrected chi connectivity index (χ4v) is 4.11. The van der Waals surface area contributed by atoms with Crippen LogP contribution in [0.1, 0.15) is 22.7 Å². The smallest absolute Gasteiger partial charge is 0.143 e. The molecule has 0 spiro atoms. The Morgan fingerprint density at radius 2 is 1.73 bits per heavy atom. The number of hydrazine groups is 1. The third kappa shape index (κ3) is 2.61. The van der Waals surface area contributed by atoms with Crippen molar-refractivity contribution in [1.82, 2.24) is 26.1 Å². The molecular weight excluding hydrogens is 322 g/mol. The number of rotatable bonds is 4. The summed E-state index contributed by atoms with van der Waals surface area (Å²) in [7, 11) is 5.95. The van der Waals surface area contributed by atoms with Crippen molar-refractivity contribution >= 4 is 10.9 Å². The van der Waals surface area contributed by atoms with Crippen molar-refractivity contribution in [2.24, 2.45) is 0 Å². The summed E-state index contributed by atoms with van der Waals surface area (Å²) in [6.45, 7) is 0. The Kier molecular flexibility index (Phi) is 4.46. The Bertz CT molecular complexity index is 919. The standard InChI is InChI=1S/C21H25N5/c1-22-21(23-2)13-16-9-4-6-10-18(16)20(26(21)24-3)17-12-15-8-5-7-11-19(15)25-14-17/h4-12,14,20,22-24H,13H2,1-3H3. The SMILES string of the molecule is CNN1C(c2cnc3ccccc3c2)c2ccccc2CC1(NC)NC. The summed E-state index contributed by atoms with van der Waals surface area (Å²) in [4.78, 5) is 4.70. The first-order chi connectivity index (χ1) is 12.7. The molecule has 2 heterocycles. The summed E-state index contributed by atoms with van der Waals surface area (Å²) in [6, 6.07) is 19.2. The Morgan fingerprint density at radius 1 is 1.00 bits per heavy atom. The van der Waals surface area contributed by atoms with E-state index in [-0.39, 0.29) is 11.8 Å². The van der Waals surface area contributed by atoms with Gasteiger partial charge in [0.25, 0.3) is 0 Å². The normalized spacial score (nSPS) is 19.4. The highest BCUT2D eigenvalue weighted by Crippen LogP contribution is 2.39. The number of benzene rings is 2. The van der Waals surface area contributed by atoms with Crippen LogP contribution in [0.3, 0.4) is 0 Å². The first kappa shape index (κ1) is 17.1. The van der Waals surface area contributed by atoms with Crippen LogP contribution in [0.5, 0.6) is 0 Å². The van der Waals surface area contributed by atoms with Crippen LogP contribution < -0.4 is 16.1 Å². The Labute approximate surface area is 154 Å². The van der Waals surface area contributed by atoms with Gasteiger partial charge in [0.2, 0.25) is 0 Å². The molecule has 3 N–H and O–H groups in total. The fourth-order valence-electron chi connectivity index (χ4n) is 4.11. The van der Waals surface area contributed by atoms with Gasteiger partial charge in [-0.2, -0.15) is 5.01 Å². The molecule has 1 atom stereocenters. The molecule has 1 aliphatic rings. The summed E-state index contributed by atoms with van der Waals surface area (Å²) in [5.74, 6) is -0.389. The number of pyridine rings is 1. The number of fused-ring (bicyclic) bond motifs is 2. The lowest BCUT2D eigenvalue weighted by molar-refractivity contribution is -0.0389. The molecule has 1 aliphatic heterocycles. The minimum Gasteiger partial charge on any atom is -0.289 e. The Hall–Kier alpha value is -2.31. The maximum Gasteiger partial charge on any atom is 0.143 e. The molecule has 0 bridgehead atoms. The zero-order valence-corrected chi connectivity index (χ0v) is 15.5. The fraction of sp³-hybridized carbons (Fsp3) is 0.286. The molecule has 26 heavy (non-hydrogen) atoms. The van der Waals surface area contributed by atoms with E-state index < -0.39 is 0 Å². The van der Waals surface area contributed by atoms with Crippen molar-refractivity contribution in [3.8, 4) is 0 Å². The highest BCUT2D eigenvalue weighted by molar-refractivity contribution is 5.79. The topological polar surface area (TPSA) is 52.2 Å². The molecule has 5 heteroatoms. The molecule has 0 radical (unpaired) electrons. The van der Waals surface area contributed by atoms with Gasteiger partial charge in [-0.3, -0.25) is 21.0 Å². The van der Waals surface area contributed by atoms with Gasteiger partial charge in [-0.1, -0.05) is 42.5 Å². The van der Waals surface area contributed by atoms with Crippen LogP contribution >= 0.6 is 0 Å². The predicted octanol–water partition coefficient (Wildman–Crippen LogP) is 2.41. The average Bonchev–Trinajstić information content (AvgIpc) is 2.71. The van der Waals surface area contributed by atoms with Gasteiger partial charge in [0.05, 0.1) is 11.6 Å². The molecule has 0 saturated carbocycles. The number of aromatic nitrogens is 1. The van der Waals surface area contributed by atoms with E-state index in [1.165, 1.54) is 16.7 Å². The van der Waals surface area contributed by atoms with Gasteiger partial charge in [-0.05, 0) is 50.0 Å². The highest BCUT2D eigenvalue weighted by Gasteiger charge is 2.44. The van der Waals surface area contributed by atoms with Gasteiger partial charge < -0.3 is 0 Å². The lowest BCUT2D eigenvalue weighted by Crippen LogP contribution is -2.72.